The smallest absolute Gasteiger partial charge is 0.243 e. The van der Waals surface area contributed by atoms with Crippen LogP contribution in [-0.4, -0.2) is 44.8 Å². The summed E-state index contributed by atoms with van der Waals surface area (Å²) in [4.78, 5) is 12.7. The maximum Gasteiger partial charge on any atom is 0.243 e. The summed E-state index contributed by atoms with van der Waals surface area (Å²) in [5, 5.41) is 2.64. The molecule has 0 aromatic heterocycles. The molecular weight excluding hydrogens is 362 g/mol. The first-order valence-corrected chi connectivity index (χ1v) is 10.6. The van der Waals surface area contributed by atoms with Gasteiger partial charge in [0, 0.05) is 18.2 Å². The summed E-state index contributed by atoms with van der Waals surface area (Å²) in [6, 6.07) is 14.8. The van der Waals surface area contributed by atoms with Gasteiger partial charge in [0.15, 0.2) is 0 Å². The predicted molar refractivity (Wildman–Crippen MR) is 105 cm³/mol. The molecule has 1 aliphatic rings. The molecule has 0 unspecified atom stereocenters. The Balaban J connectivity index is 1.60. The fourth-order valence-corrected chi connectivity index (χ4v) is 4.72. The number of hydrogen-bond acceptors (Lipinski definition) is 3. The van der Waals surface area contributed by atoms with Crippen molar-refractivity contribution in [2.45, 2.75) is 25.3 Å². The molecule has 27 heavy (non-hydrogen) atoms. The number of benzene rings is 2. The molecule has 1 aliphatic heterocycles. The summed E-state index contributed by atoms with van der Waals surface area (Å²) >= 11 is 0. The number of carbonyl (C=O) groups is 1. The molecule has 0 bridgehead atoms. The van der Waals surface area contributed by atoms with Crippen LogP contribution in [0.1, 0.15) is 18.1 Å². The minimum atomic E-state index is -3.50. The van der Waals surface area contributed by atoms with E-state index in [2.05, 4.69) is 36.5 Å². The fraction of sp³-hybridized carbons (Fsp3) is 0.350. The second-order valence-corrected chi connectivity index (χ2v) is 8.96. The molecule has 3 rings (SSSR count). The van der Waals surface area contributed by atoms with Crippen LogP contribution >= 0.6 is 0 Å². The third kappa shape index (κ3) is 4.94. The van der Waals surface area contributed by atoms with Crippen LogP contribution in [0.3, 0.4) is 0 Å². The third-order valence-corrected chi connectivity index (χ3v) is 6.73. The largest absolute Gasteiger partial charge is 0.329 e. The van der Waals surface area contributed by atoms with E-state index < -0.39 is 10.0 Å². The number of amides is 1. The standard InChI is InChI=1S/C20H25N3O3S/c1-16-3-5-18(6-4-16)15-22-11-13-23(14-12-22)27(25,26)20-9-7-19(8-10-20)21-17(2)24/h3-10H,11-15H2,1-2H3,(H,21,24)/p+1. The Hall–Kier alpha value is -2.22. The van der Waals surface area contributed by atoms with E-state index in [1.54, 1.807) is 28.6 Å². The molecule has 0 radical (unpaired) electrons. The molecule has 1 fully saturated rings. The molecule has 2 N–H and O–H groups in total. The lowest BCUT2D eigenvalue weighted by molar-refractivity contribution is -0.917. The van der Waals surface area contributed by atoms with Gasteiger partial charge >= 0.3 is 0 Å². The minimum Gasteiger partial charge on any atom is -0.329 e. The SMILES string of the molecule is CC(=O)Nc1ccc(S(=O)(=O)N2CC[NH+](Cc3ccc(C)cc3)CC2)cc1. The Morgan fingerprint density at radius 1 is 1.04 bits per heavy atom. The zero-order valence-corrected chi connectivity index (χ0v) is 16.6. The van der Waals surface area contributed by atoms with E-state index in [0.29, 0.717) is 18.8 Å². The number of nitrogens with zero attached hydrogens (tertiary/aromatic N) is 1. The molecule has 6 nitrogen and oxygen atoms in total. The Morgan fingerprint density at radius 2 is 1.63 bits per heavy atom. The van der Waals surface area contributed by atoms with Crippen LogP contribution in [0.5, 0.6) is 0 Å². The van der Waals surface area contributed by atoms with E-state index in [4.69, 9.17) is 0 Å². The molecule has 0 atom stereocenters. The number of hydrogen-bond donors (Lipinski definition) is 2. The average molecular weight is 389 g/mol. The van der Waals surface area contributed by atoms with E-state index in [0.717, 1.165) is 19.6 Å². The van der Waals surface area contributed by atoms with Crippen LogP contribution in [0.25, 0.3) is 0 Å². The van der Waals surface area contributed by atoms with Gasteiger partial charge in [0.25, 0.3) is 0 Å². The third-order valence-electron chi connectivity index (χ3n) is 4.82. The van der Waals surface area contributed by atoms with Crippen molar-refractivity contribution in [2.24, 2.45) is 0 Å². The van der Waals surface area contributed by atoms with Crippen molar-refractivity contribution in [1.82, 2.24) is 4.31 Å². The van der Waals surface area contributed by atoms with Gasteiger partial charge < -0.3 is 10.2 Å². The number of rotatable bonds is 5. The molecule has 0 saturated carbocycles. The van der Waals surface area contributed by atoms with Crippen LogP contribution < -0.4 is 10.2 Å². The lowest BCUT2D eigenvalue weighted by Crippen LogP contribution is -3.13. The van der Waals surface area contributed by atoms with Gasteiger partial charge in [-0.2, -0.15) is 4.31 Å². The maximum atomic E-state index is 12.9. The Labute approximate surface area is 160 Å². The van der Waals surface area contributed by atoms with E-state index in [1.165, 1.54) is 23.0 Å². The van der Waals surface area contributed by atoms with Gasteiger partial charge in [-0.3, -0.25) is 4.79 Å². The molecular formula is C20H26N3O3S+. The molecule has 1 saturated heterocycles. The van der Waals surface area contributed by atoms with Crippen LogP contribution in [0.4, 0.5) is 5.69 Å². The van der Waals surface area contributed by atoms with Gasteiger partial charge in [0.05, 0.1) is 31.1 Å². The van der Waals surface area contributed by atoms with Gasteiger partial charge in [-0.25, -0.2) is 8.42 Å². The second kappa shape index (κ2) is 8.21. The highest BCUT2D eigenvalue weighted by atomic mass is 32.2. The maximum absolute atomic E-state index is 12.9. The summed E-state index contributed by atoms with van der Waals surface area (Å²) in [5.74, 6) is -0.182. The van der Waals surface area contributed by atoms with Gasteiger partial charge in [-0.1, -0.05) is 29.8 Å². The minimum absolute atomic E-state index is 0.182. The zero-order valence-electron chi connectivity index (χ0n) is 15.7. The van der Waals surface area contributed by atoms with E-state index in [1.807, 2.05) is 0 Å². The van der Waals surface area contributed by atoms with Crippen LogP contribution in [0.15, 0.2) is 53.4 Å². The molecule has 144 valence electrons. The predicted octanol–water partition coefficient (Wildman–Crippen LogP) is 1.04. The summed E-state index contributed by atoms with van der Waals surface area (Å²) in [6.45, 7) is 7.01. The number of aryl methyl sites for hydroxylation is 1. The van der Waals surface area contributed by atoms with E-state index in [-0.39, 0.29) is 10.8 Å². The Bertz CT molecular complexity index is 885. The highest BCUT2D eigenvalue weighted by Crippen LogP contribution is 2.18. The fourth-order valence-electron chi connectivity index (χ4n) is 3.28. The van der Waals surface area contributed by atoms with Crippen molar-refractivity contribution < 1.29 is 18.1 Å². The topological polar surface area (TPSA) is 70.9 Å². The van der Waals surface area contributed by atoms with Crippen molar-refractivity contribution in [2.75, 3.05) is 31.5 Å². The summed E-state index contributed by atoms with van der Waals surface area (Å²) in [5.41, 5.74) is 3.11. The molecule has 0 aliphatic carbocycles. The van der Waals surface area contributed by atoms with Crippen LogP contribution in [-0.2, 0) is 21.4 Å². The molecule has 1 heterocycles. The summed E-state index contributed by atoms with van der Waals surface area (Å²) < 4.78 is 27.3. The highest BCUT2D eigenvalue weighted by molar-refractivity contribution is 7.89. The molecule has 2 aromatic rings. The second-order valence-electron chi connectivity index (χ2n) is 7.02. The van der Waals surface area contributed by atoms with Crippen molar-refractivity contribution in [3.05, 3.63) is 59.7 Å². The van der Waals surface area contributed by atoms with Gasteiger partial charge in [0.1, 0.15) is 6.54 Å². The number of piperazine rings is 1. The first-order valence-electron chi connectivity index (χ1n) is 9.11. The van der Waals surface area contributed by atoms with Crippen molar-refractivity contribution in [3.63, 3.8) is 0 Å². The van der Waals surface area contributed by atoms with Crippen molar-refractivity contribution in [3.8, 4) is 0 Å². The van der Waals surface area contributed by atoms with E-state index >= 15 is 0 Å². The quantitative estimate of drug-likeness (QED) is 0.804. The van der Waals surface area contributed by atoms with Crippen LogP contribution in [0.2, 0.25) is 0 Å². The zero-order chi connectivity index (χ0) is 19.4. The van der Waals surface area contributed by atoms with Gasteiger partial charge in [0.2, 0.25) is 15.9 Å². The molecule has 7 heteroatoms. The molecule has 0 spiro atoms. The van der Waals surface area contributed by atoms with Gasteiger partial charge in [-0.05, 0) is 31.2 Å². The lowest BCUT2D eigenvalue weighted by Gasteiger charge is -2.31. The first kappa shape index (κ1) is 19.5. The van der Waals surface area contributed by atoms with Gasteiger partial charge in [-0.15, -0.1) is 0 Å². The number of sulfonamides is 1. The van der Waals surface area contributed by atoms with E-state index in [9.17, 15) is 13.2 Å². The summed E-state index contributed by atoms with van der Waals surface area (Å²) in [7, 11) is -3.50. The highest BCUT2D eigenvalue weighted by Gasteiger charge is 2.30. The number of carbonyl (C=O) groups excluding carboxylic acids is 1. The first-order chi connectivity index (χ1) is 12.8. The number of anilines is 1. The molecule has 1 amide bonds. The summed E-state index contributed by atoms with van der Waals surface area (Å²) in [6.07, 6.45) is 0. The van der Waals surface area contributed by atoms with Crippen molar-refractivity contribution in [1.29, 1.82) is 0 Å². The monoisotopic (exact) mass is 388 g/mol. The Kier molecular flexibility index (Phi) is 5.94. The van der Waals surface area contributed by atoms with Crippen LogP contribution in [0, 0.1) is 6.92 Å². The molecule has 2 aromatic carbocycles. The number of quaternary nitrogens is 1. The average Bonchev–Trinajstić information content (AvgIpc) is 2.64. The lowest BCUT2D eigenvalue weighted by atomic mass is 10.1. The normalized spacial score (nSPS) is 16.2. The number of nitrogens with one attached hydrogen (secondary N) is 2. The Morgan fingerprint density at radius 3 is 2.19 bits per heavy atom. The van der Waals surface area contributed by atoms with Crippen molar-refractivity contribution >= 4 is 21.6 Å².